The minimum atomic E-state index is 0.730. The Balaban J connectivity index is 1.49. The molecule has 1 aromatic carbocycles. The Labute approximate surface area is 125 Å². The molecule has 0 atom stereocenters. The largest absolute Gasteiger partial charge is 0.314 e. The number of nitrogens with one attached hydrogen (secondary N) is 1. The van der Waals surface area contributed by atoms with Gasteiger partial charge in [-0.1, -0.05) is 12.1 Å². The highest BCUT2D eigenvalue weighted by Crippen LogP contribution is 2.40. The zero-order valence-corrected chi connectivity index (χ0v) is 12.3. The Hall–Kier alpha value is -1.65. The molecule has 110 valence electrons. The van der Waals surface area contributed by atoms with E-state index in [2.05, 4.69) is 50.3 Å². The lowest BCUT2D eigenvalue weighted by Crippen LogP contribution is -2.42. The molecule has 4 heteroatoms. The molecular weight excluding hydrogens is 260 g/mol. The van der Waals surface area contributed by atoms with Crippen LogP contribution < -0.4 is 5.32 Å². The molecular formula is C17H22N4. The fourth-order valence-corrected chi connectivity index (χ4v) is 3.09. The lowest BCUT2D eigenvalue weighted by molar-refractivity contribution is 0.233. The van der Waals surface area contributed by atoms with Crippen molar-refractivity contribution in [3.63, 3.8) is 0 Å². The summed E-state index contributed by atoms with van der Waals surface area (Å²) >= 11 is 0. The Kier molecular flexibility index (Phi) is 3.49. The Morgan fingerprint density at radius 2 is 1.81 bits per heavy atom. The van der Waals surface area contributed by atoms with Crippen LogP contribution in [0.25, 0.3) is 5.69 Å². The fourth-order valence-electron chi connectivity index (χ4n) is 3.09. The maximum atomic E-state index is 4.49. The van der Waals surface area contributed by atoms with Gasteiger partial charge in [0.25, 0.3) is 0 Å². The number of aromatic nitrogens is 2. The van der Waals surface area contributed by atoms with Gasteiger partial charge in [0, 0.05) is 50.5 Å². The second kappa shape index (κ2) is 5.62. The summed E-state index contributed by atoms with van der Waals surface area (Å²) in [7, 11) is 0. The minimum absolute atomic E-state index is 0.730. The molecule has 2 aliphatic rings. The molecule has 21 heavy (non-hydrogen) atoms. The second-order valence-corrected chi connectivity index (χ2v) is 6.13. The third-order valence-electron chi connectivity index (χ3n) is 4.46. The molecule has 1 saturated carbocycles. The van der Waals surface area contributed by atoms with Gasteiger partial charge in [-0.05, 0) is 36.6 Å². The SMILES string of the molecule is c1cc(C2CC2)n(-c2ccc(CN3CCNCC3)cc2)n1. The lowest BCUT2D eigenvalue weighted by atomic mass is 10.1. The van der Waals surface area contributed by atoms with Crippen molar-refractivity contribution in [3.05, 3.63) is 47.8 Å². The van der Waals surface area contributed by atoms with E-state index in [1.165, 1.54) is 29.8 Å². The number of rotatable bonds is 4. The van der Waals surface area contributed by atoms with Gasteiger partial charge in [-0.3, -0.25) is 4.90 Å². The summed E-state index contributed by atoms with van der Waals surface area (Å²) in [5, 5.41) is 7.89. The van der Waals surface area contributed by atoms with Crippen LogP contribution >= 0.6 is 0 Å². The van der Waals surface area contributed by atoms with Crippen LogP contribution in [0.5, 0.6) is 0 Å². The minimum Gasteiger partial charge on any atom is -0.314 e. The standard InChI is InChI=1S/C17H22N4/c1-5-16(21-17(7-8-19-21)15-3-4-15)6-2-14(1)13-20-11-9-18-10-12-20/h1-2,5-8,15,18H,3-4,9-13H2. The van der Waals surface area contributed by atoms with E-state index in [1.807, 2.05) is 6.20 Å². The Morgan fingerprint density at radius 1 is 1.05 bits per heavy atom. The van der Waals surface area contributed by atoms with Crippen molar-refractivity contribution in [2.45, 2.75) is 25.3 Å². The molecule has 0 bridgehead atoms. The first-order chi connectivity index (χ1) is 10.4. The van der Waals surface area contributed by atoms with Gasteiger partial charge in [-0.15, -0.1) is 0 Å². The number of benzene rings is 1. The normalized spacial score (nSPS) is 19.8. The first-order valence-electron chi connectivity index (χ1n) is 7.96. The van der Waals surface area contributed by atoms with Gasteiger partial charge in [0.1, 0.15) is 0 Å². The third kappa shape index (κ3) is 2.87. The summed E-state index contributed by atoms with van der Waals surface area (Å²) in [5.41, 5.74) is 3.94. The number of hydrogen-bond donors (Lipinski definition) is 1. The molecule has 0 spiro atoms. The number of nitrogens with zero attached hydrogens (tertiary/aromatic N) is 3. The highest BCUT2D eigenvalue weighted by atomic mass is 15.3. The van der Waals surface area contributed by atoms with Crippen molar-refractivity contribution in [2.75, 3.05) is 26.2 Å². The molecule has 0 amide bonds. The van der Waals surface area contributed by atoms with Crippen LogP contribution in [0.3, 0.4) is 0 Å². The molecule has 2 fully saturated rings. The van der Waals surface area contributed by atoms with Crippen molar-refractivity contribution in [3.8, 4) is 5.69 Å². The van der Waals surface area contributed by atoms with E-state index in [0.29, 0.717) is 0 Å². The third-order valence-corrected chi connectivity index (χ3v) is 4.46. The Morgan fingerprint density at radius 3 is 2.52 bits per heavy atom. The number of piperazine rings is 1. The summed E-state index contributed by atoms with van der Waals surface area (Å²) in [6.45, 7) is 5.56. The lowest BCUT2D eigenvalue weighted by Gasteiger charge is -2.27. The van der Waals surface area contributed by atoms with Gasteiger partial charge >= 0.3 is 0 Å². The molecule has 1 aromatic heterocycles. The van der Waals surface area contributed by atoms with E-state index in [0.717, 1.165) is 38.6 Å². The Bertz CT molecular complexity index is 592. The molecule has 2 aromatic rings. The predicted octanol–water partition coefficient (Wildman–Crippen LogP) is 2.15. The summed E-state index contributed by atoms with van der Waals surface area (Å²) in [5.74, 6) is 0.730. The predicted molar refractivity (Wildman–Crippen MR) is 83.7 cm³/mol. The molecule has 1 N–H and O–H groups in total. The molecule has 1 aliphatic heterocycles. The van der Waals surface area contributed by atoms with Crippen LogP contribution in [0.2, 0.25) is 0 Å². The summed E-state index contributed by atoms with van der Waals surface area (Å²) in [4.78, 5) is 2.51. The van der Waals surface area contributed by atoms with E-state index in [4.69, 9.17) is 0 Å². The van der Waals surface area contributed by atoms with Gasteiger partial charge in [-0.2, -0.15) is 5.10 Å². The summed E-state index contributed by atoms with van der Waals surface area (Å²) in [6.07, 6.45) is 4.54. The molecule has 1 aliphatic carbocycles. The van der Waals surface area contributed by atoms with Crippen molar-refractivity contribution in [1.82, 2.24) is 20.0 Å². The van der Waals surface area contributed by atoms with Crippen LogP contribution in [-0.4, -0.2) is 40.9 Å². The summed E-state index contributed by atoms with van der Waals surface area (Å²) < 4.78 is 2.10. The zero-order valence-electron chi connectivity index (χ0n) is 12.3. The quantitative estimate of drug-likeness (QED) is 0.933. The van der Waals surface area contributed by atoms with Crippen molar-refractivity contribution < 1.29 is 0 Å². The number of hydrogen-bond acceptors (Lipinski definition) is 3. The molecule has 4 rings (SSSR count). The van der Waals surface area contributed by atoms with Crippen molar-refractivity contribution in [1.29, 1.82) is 0 Å². The van der Waals surface area contributed by atoms with Gasteiger partial charge in [0.05, 0.1) is 5.69 Å². The molecule has 2 heterocycles. The van der Waals surface area contributed by atoms with E-state index < -0.39 is 0 Å². The smallest absolute Gasteiger partial charge is 0.0649 e. The highest BCUT2D eigenvalue weighted by molar-refractivity contribution is 5.36. The van der Waals surface area contributed by atoms with E-state index in [-0.39, 0.29) is 0 Å². The molecule has 4 nitrogen and oxygen atoms in total. The fraction of sp³-hybridized carbons (Fsp3) is 0.471. The first kappa shape index (κ1) is 13.0. The van der Waals surface area contributed by atoms with Crippen LogP contribution in [0.15, 0.2) is 36.5 Å². The van der Waals surface area contributed by atoms with E-state index in [1.54, 1.807) is 0 Å². The van der Waals surface area contributed by atoms with Crippen LogP contribution in [-0.2, 0) is 6.54 Å². The van der Waals surface area contributed by atoms with E-state index in [9.17, 15) is 0 Å². The van der Waals surface area contributed by atoms with Crippen molar-refractivity contribution in [2.24, 2.45) is 0 Å². The summed E-state index contributed by atoms with van der Waals surface area (Å²) in [6, 6.07) is 11.1. The second-order valence-electron chi connectivity index (χ2n) is 6.13. The van der Waals surface area contributed by atoms with Crippen molar-refractivity contribution >= 4 is 0 Å². The monoisotopic (exact) mass is 282 g/mol. The first-order valence-corrected chi connectivity index (χ1v) is 7.96. The zero-order chi connectivity index (χ0) is 14.1. The average molecular weight is 282 g/mol. The van der Waals surface area contributed by atoms with Gasteiger partial charge in [0.15, 0.2) is 0 Å². The average Bonchev–Trinajstić information content (AvgIpc) is 3.26. The molecule has 0 radical (unpaired) electrons. The van der Waals surface area contributed by atoms with Gasteiger partial charge in [0.2, 0.25) is 0 Å². The van der Waals surface area contributed by atoms with Crippen LogP contribution in [0.1, 0.15) is 30.0 Å². The van der Waals surface area contributed by atoms with Gasteiger partial charge in [-0.25, -0.2) is 4.68 Å². The molecule has 1 saturated heterocycles. The van der Waals surface area contributed by atoms with Gasteiger partial charge < -0.3 is 5.32 Å². The molecule has 0 unspecified atom stereocenters. The van der Waals surface area contributed by atoms with E-state index >= 15 is 0 Å². The maximum Gasteiger partial charge on any atom is 0.0649 e. The van der Waals surface area contributed by atoms with Crippen LogP contribution in [0, 0.1) is 0 Å². The topological polar surface area (TPSA) is 33.1 Å². The van der Waals surface area contributed by atoms with Crippen LogP contribution in [0.4, 0.5) is 0 Å². The maximum absolute atomic E-state index is 4.49. The highest BCUT2D eigenvalue weighted by Gasteiger charge is 2.27.